The smallest absolute Gasteiger partial charge is 0.416 e. The number of carbonyl (C=O) groups excluding carboxylic acids is 2. The van der Waals surface area contributed by atoms with Gasteiger partial charge in [0.15, 0.2) is 5.41 Å². The summed E-state index contributed by atoms with van der Waals surface area (Å²) in [5, 5.41) is 11.6. The van der Waals surface area contributed by atoms with Crippen LogP contribution < -0.4 is 14.5 Å². The summed E-state index contributed by atoms with van der Waals surface area (Å²) in [7, 11) is 0. The number of rotatable bonds is 6. The third kappa shape index (κ3) is 4.33. The highest BCUT2D eigenvalue weighted by molar-refractivity contribution is 6.27. The zero-order valence-electron chi connectivity index (χ0n) is 22.6. The minimum atomic E-state index is -4.66. The summed E-state index contributed by atoms with van der Waals surface area (Å²) in [6, 6.07) is 16.3. The van der Waals surface area contributed by atoms with Gasteiger partial charge in [-0.25, -0.2) is 0 Å². The van der Waals surface area contributed by atoms with E-state index in [1.54, 1.807) is 62.4 Å². The molecule has 6 nitrogen and oxygen atoms in total. The zero-order valence-corrected chi connectivity index (χ0v) is 22.6. The van der Waals surface area contributed by atoms with Crippen molar-refractivity contribution in [3.05, 3.63) is 83.4 Å². The third-order valence-electron chi connectivity index (χ3n) is 7.75. The second-order valence-electron chi connectivity index (χ2n) is 10.5. The summed E-state index contributed by atoms with van der Waals surface area (Å²) in [5.41, 5.74) is -3.26. The molecule has 0 fully saturated rings. The number of hydrogen-bond donors (Lipinski definition) is 1. The topological polar surface area (TPSA) is 70.1 Å². The van der Waals surface area contributed by atoms with Gasteiger partial charge >= 0.3 is 6.18 Å². The van der Waals surface area contributed by atoms with E-state index in [2.05, 4.69) is 0 Å². The fourth-order valence-corrected chi connectivity index (χ4v) is 5.84. The van der Waals surface area contributed by atoms with Crippen molar-refractivity contribution in [3.63, 3.8) is 0 Å². The van der Waals surface area contributed by atoms with Crippen molar-refractivity contribution < 1.29 is 32.6 Å². The van der Waals surface area contributed by atoms with E-state index in [0.717, 1.165) is 25.0 Å². The summed E-state index contributed by atoms with van der Waals surface area (Å²) < 4.78 is 47.4. The van der Waals surface area contributed by atoms with Gasteiger partial charge in [0.05, 0.1) is 29.1 Å². The van der Waals surface area contributed by atoms with E-state index in [9.17, 15) is 27.9 Å². The van der Waals surface area contributed by atoms with Crippen LogP contribution in [0.4, 0.5) is 30.2 Å². The van der Waals surface area contributed by atoms with Crippen molar-refractivity contribution in [2.24, 2.45) is 0 Å². The minimum Gasteiger partial charge on any atom is -0.494 e. The van der Waals surface area contributed by atoms with E-state index in [4.69, 9.17) is 4.74 Å². The number of anilines is 3. The number of unbranched alkanes of at least 4 members (excludes halogenated alkanes) is 1. The van der Waals surface area contributed by atoms with Gasteiger partial charge in [-0.15, -0.1) is 0 Å². The number of likely N-dealkylation sites (N-methyl/N-ethyl adjacent to an activating group) is 1. The van der Waals surface area contributed by atoms with E-state index in [0.29, 0.717) is 29.2 Å². The highest BCUT2D eigenvalue weighted by Gasteiger charge is 2.63. The number of ether oxygens (including phenoxy) is 1. The molecule has 1 aliphatic heterocycles. The van der Waals surface area contributed by atoms with Crippen molar-refractivity contribution in [2.75, 3.05) is 23.0 Å². The number of para-hydroxylation sites is 1. The van der Waals surface area contributed by atoms with Gasteiger partial charge in [-0.1, -0.05) is 37.6 Å². The monoisotopic (exact) mass is 552 g/mol. The number of fused-ring (bicyclic) bond motifs is 3. The Morgan fingerprint density at radius 1 is 0.925 bits per heavy atom. The van der Waals surface area contributed by atoms with Crippen LogP contribution in [0, 0.1) is 0 Å². The molecule has 0 radical (unpaired) electrons. The number of alkyl halides is 3. The molecular formula is C31H31F3N2O4. The fourth-order valence-electron chi connectivity index (χ4n) is 5.84. The lowest BCUT2D eigenvalue weighted by molar-refractivity contribution is -0.138. The second-order valence-corrected chi connectivity index (χ2v) is 10.5. The van der Waals surface area contributed by atoms with E-state index >= 15 is 0 Å². The lowest BCUT2D eigenvalue weighted by atomic mass is 9.78. The first-order valence-electron chi connectivity index (χ1n) is 13.4. The van der Waals surface area contributed by atoms with Crippen LogP contribution in [0.1, 0.15) is 56.7 Å². The summed E-state index contributed by atoms with van der Waals surface area (Å²) in [6.45, 7) is 5.86. The number of nitrogens with zero attached hydrogens (tertiary/aromatic N) is 2. The van der Waals surface area contributed by atoms with E-state index in [1.165, 1.54) is 15.9 Å². The molecule has 0 saturated carbocycles. The van der Waals surface area contributed by atoms with Crippen LogP contribution in [0.15, 0.2) is 66.7 Å². The number of carbonyl (C=O) groups is 2. The summed E-state index contributed by atoms with van der Waals surface area (Å²) in [6.07, 6.45) is -3.16. The molecule has 9 heteroatoms. The molecule has 1 heterocycles. The Hall–Kier alpha value is -3.85. The van der Waals surface area contributed by atoms with Gasteiger partial charge in [0.2, 0.25) is 5.91 Å². The van der Waals surface area contributed by atoms with Crippen molar-refractivity contribution in [1.29, 1.82) is 0 Å². The van der Waals surface area contributed by atoms with Gasteiger partial charge in [-0.2, -0.15) is 13.2 Å². The molecule has 40 heavy (non-hydrogen) atoms. The molecule has 0 aromatic heterocycles. The molecule has 2 amide bonds. The maximum Gasteiger partial charge on any atom is 0.416 e. The van der Waals surface area contributed by atoms with Crippen LogP contribution in [-0.4, -0.2) is 30.1 Å². The molecule has 1 N–H and O–H groups in total. The summed E-state index contributed by atoms with van der Waals surface area (Å²) in [5.74, 6) is -0.819. The Morgan fingerprint density at radius 2 is 1.65 bits per heavy atom. The third-order valence-corrected chi connectivity index (χ3v) is 7.75. The number of aliphatic hydroxyl groups is 1. The van der Waals surface area contributed by atoms with Gasteiger partial charge in [0.1, 0.15) is 5.75 Å². The Bertz CT molecular complexity index is 1450. The first-order chi connectivity index (χ1) is 19.0. The first-order valence-corrected chi connectivity index (χ1v) is 13.4. The molecular weight excluding hydrogens is 521 g/mol. The van der Waals surface area contributed by atoms with Crippen LogP contribution in [0.25, 0.3) is 0 Å². The first kappa shape index (κ1) is 27.7. The molecule has 2 aliphatic rings. The standard InChI is InChI=1S/C31H31F3N2O4/c1-4-6-16-40-22-13-14-23-24(18-22)29(3,39)19-30(23)27(37)35(5-2)25-15-12-20(31(32,33)34)17-26(25)36(28(30)38)21-10-8-7-9-11-21/h7-15,17-18,39H,4-6,16,19H2,1-3H3. The molecule has 1 aliphatic carbocycles. The molecule has 5 rings (SSSR count). The van der Waals surface area contributed by atoms with E-state index in [-0.39, 0.29) is 24.3 Å². The molecule has 3 aromatic rings. The Balaban J connectivity index is 1.77. The fraction of sp³-hybridized carbons (Fsp3) is 0.355. The quantitative estimate of drug-likeness (QED) is 0.281. The largest absolute Gasteiger partial charge is 0.494 e. The number of hydrogen-bond acceptors (Lipinski definition) is 4. The average molecular weight is 553 g/mol. The van der Waals surface area contributed by atoms with Gasteiger partial charge < -0.3 is 14.7 Å². The molecule has 1 spiro atoms. The average Bonchev–Trinajstić information content (AvgIpc) is 3.13. The van der Waals surface area contributed by atoms with E-state index < -0.39 is 34.6 Å². The second kappa shape index (κ2) is 9.96. The lowest BCUT2D eigenvalue weighted by Gasteiger charge is -2.33. The van der Waals surface area contributed by atoms with E-state index in [1.807, 2.05) is 6.92 Å². The van der Waals surface area contributed by atoms with Gasteiger partial charge in [0, 0.05) is 18.7 Å². The van der Waals surface area contributed by atoms with Crippen molar-refractivity contribution in [2.45, 2.75) is 57.2 Å². The predicted octanol–water partition coefficient (Wildman–Crippen LogP) is 6.46. The van der Waals surface area contributed by atoms with Crippen LogP contribution >= 0.6 is 0 Å². The summed E-state index contributed by atoms with van der Waals surface area (Å²) in [4.78, 5) is 31.8. The normalized spacial score (nSPS) is 22.4. The van der Waals surface area contributed by atoms with Gasteiger partial charge in [0.25, 0.3) is 5.91 Å². The highest BCUT2D eigenvalue weighted by Crippen LogP contribution is 2.55. The van der Waals surface area contributed by atoms with Crippen molar-refractivity contribution in [1.82, 2.24) is 0 Å². The van der Waals surface area contributed by atoms with Gasteiger partial charge in [-0.05, 0) is 73.9 Å². The van der Waals surface area contributed by atoms with Crippen LogP contribution in [0.5, 0.6) is 5.75 Å². The molecule has 0 bridgehead atoms. The Labute approximate surface area is 231 Å². The van der Waals surface area contributed by atoms with Crippen LogP contribution in [0.2, 0.25) is 0 Å². The molecule has 2 unspecified atom stereocenters. The number of benzene rings is 3. The molecule has 210 valence electrons. The highest BCUT2D eigenvalue weighted by atomic mass is 19.4. The number of halogens is 3. The Morgan fingerprint density at radius 3 is 2.30 bits per heavy atom. The SMILES string of the molecule is CCCCOc1ccc2c(c1)C(C)(O)CC21C(=O)N(CC)c2ccc(C(F)(F)F)cc2N(c2ccccc2)C1=O. The minimum absolute atomic E-state index is 0.0503. The summed E-state index contributed by atoms with van der Waals surface area (Å²) >= 11 is 0. The maximum absolute atomic E-state index is 14.8. The van der Waals surface area contributed by atoms with Gasteiger partial charge in [-0.3, -0.25) is 14.5 Å². The molecule has 3 aromatic carbocycles. The molecule has 0 saturated heterocycles. The number of amides is 2. The van der Waals surface area contributed by atoms with Crippen molar-refractivity contribution >= 4 is 28.9 Å². The Kier molecular flexibility index (Phi) is 6.90. The van der Waals surface area contributed by atoms with Crippen LogP contribution in [-0.2, 0) is 26.8 Å². The predicted molar refractivity (Wildman–Crippen MR) is 146 cm³/mol. The van der Waals surface area contributed by atoms with Crippen LogP contribution in [0.3, 0.4) is 0 Å². The van der Waals surface area contributed by atoms with Crippen molar-refractivity contribution in [3.8, 4) is 5.75 Å². The zero-order chi connectivity index (χ0) is 28.9. The lowest BCUT2D eigenvalue weighted by Crippen LogP contribution is -2.53. The maximum atomic E-state index is 14.8. The molecule has 2 atom stereocenters.